The molecule has 1 aromatic heterocycles. The van der Waals surface area contributed by atoms with Gasteiger partial charge >= 0.3 is 0 Å². The zero-order chi connectivity index (χ0) is 17.4. The van der Waals surface area contributed by atoms with Crippen LogP contribution < -0.4 is 15.9 Å². The van der Waals surface area contributed by atoms with E-state index < -0.39 is 5.91 Å². The predicted molar refractivity (Wildman–Crippen MR) is 94.1 cm³/mol. The first-order valence-electron chi connectivity index (χ1n) is 7.47. The first kappa shape index (κ1) is 17.7. The monoisotopic (exact) mass is 345 g/mol. The Balaban J connectivity index is 1.96. The second kappa shape index (κ2) is 8.83. The van der Waals surface area contributed by atoms with E-state index in [1.165, 1.54) is 11.3 Å². The van der Waals surface area contributed by atoms with Crippen LogP contribution >= 0.6 is 11.3 Å². The summed E-state index contributed by atoms with van der Waals surface area (Å²) in [7, 11) is 0. The lowest BCUT2D eigenvalue weighted by molar-refractivity contribution is -0.121. The molecular formula is C17H19N3O3S. The van der Waals surface area contributed by atoms with Crippen molar-refractivity contribution in [2.45, 2.75) is 19.8 Å². The Morgan fingerprint density at radius 3 is 2.58 bits per heavy atom. The molecule has 2 rings (SSSR count). The number of ether oxygens (including phenoxy) is 1. The molecule has 1 heterocycles. The number of amides is 2. The van der Waals surface area contributed by atoms with Gasteiger partial charge in [0.05, 0.1) is 12.1 Å². The number of hydrazone groups is 1. The predicted octanol–water partition coefficient (Wildman–Crippen LogP) is 2.09. The number of nitrogens with one attached hydrogen (secondary N) is 1. The number of primary amides is 1. The molecule has 0 saturated carbocycles. The number of benzene rings is 1. The second-order valence-electron chi connectivity index (χ2n) is 4.98. The third kappa shape index (κ3) is 5.51. The number of thiophene rings is 1. The maximum absolute atomic E-state index is 11.9. The van der Waals surface area contributed by atoms with Crippen LogP contribution in [0.15, 0.2) is 46.9 Å². The Bertz CT molecular complexity index is 709. The average molecular weight is 345 g/mol. The Morgan fingerprint density at radius 1 is 1.25 bits per heavy atom. The molecule has 0 bridgehead atoms. The molecule has 0 aliphatic heterocycles. The summed E-state index contributed by atoms with van der Waals surface area (Å²) in [5.74, 6) is -0.122. The van der Waals surface area contributed by atoms with Gasteiger partial charge in [-0.1, -0.05) is 13.0 Å². The molecule has 2 amide bonds. The lowest BCUT2D eigenvalue weighted by atomic mass is 10.1. The number of hydrogen-bond acceptors (Lipinski definition) is 5. The summed E-state index contributed by atoms with van der Waals surface area (Å²) in [6.07, 6.45) is 0.985. The highest BCUT2D eigenvalue weighted by molar-refractivity contribution is 7.10. The highest BCUT2D eigenvalue weighted by Crippen LogP contribution is 2.14. The van der Waals surface area contributed by atoms with Crippen LogP contribution in [0.4, 0.5) is 0 Å². The molecule has 0 fully saturated rings. The fourth-order valence-electron chi connectivity index (χ4n) is 1.99. The summed E-state index contributed by atoms with van der Waals surface area (Å²) >= 11 is 1.54. The van der Waals surface area contributed by atoms with Crippen molar-refractivity contribution in [2.75, 3.05) is 6.61 Å². The van der Waals surface area contributed by atoms with Crippen LogP contribution in [-0.4, -0.2) is 24.1 Å². The number of carbonyl (C=O) groups excluding carboxylic acids is 2. The van der Waals surface area contributed by atoms with E-state index in [1.807, 2.05) is 36.6 Å². The van der Waals surface area contributed by atoms with Crippen LogP contribution in [0.1, 0.15) is 23.8 Å². The fourth-order valence-corrected chi connectivity index (χ4v) is 2.69. The maximum atomic E-state index is 11.9. The second-order valence-corrected chi connectivity index (χ2v) is 6.01. The number of rotatable bonds is 8. The third-order valence-electron chi connectivity index (χ3n) is 3.13. The molecule has 0 saturated heterocycles. The van der Waals surface area contributed by atoms with Crippen molar-refractivity contribution in [3.05, 3.63) is 52.2 Å². The van der Waals surface area contributed by atoms with E-state index in [1.54, 1.807) is 12.1 Å². The summed E-state index contributed by atoms with van der Waals surface area (Å²) in [6.45, 7) is 1.80. The molecule has 0 aliphatic carbocycles. The smallest absolute Gasteiger partial charge is 0.255 e. The normalized spacial score (nSPS) is 11.1. The Hall–Kier alpha value is -2.67. The SMILES string of the molecule is CCC(=NNC(=O)Cc1cccs1)c1ccc(OCC(N)=O)cc1. The van der Waals surface area contributed by atoms with Gasteiger partial charge in [-0.3, -0.25) is 9.59 Å². The first-order valence-corrected chi connectivity index (χ1v) is 8.35. The van der Waals surface area contributed by atoms with Crippen molar-refractivity contribution in [3.63, 3.8) is 0 Å². The van der Waals surface area contributed by atoms with Crippen molar-refractivity contribution < 1.29 is 14.3 Å². The fraction of sp³-hybridized carbons (Fsp3) is 0.235. The van der Waals surface area contributed by atoms with Crippen molar-refractivity contribution in [1.29, 1.82) is 0 Å². The van der Waals surface area contributed by atoms with Gasteiger partial charge in [0.25, 0.3) is 5.91 Å². The lowest BCUT2D eigenvalue weighted by Gasteiger charge is -2.07. The van der Waals surface area contributed by atoms with E-state index in [4.69, 9.17) is 10.5 Å². The number of carbonyl (C=O) groups is 2. The summed E-state index contributed by atoms with van der Waals surface area (Å²) in [5, 5.41) is 6.14. The van der Waals surface area contributed by atoms with Crippen LogP contribution in [-0.2, 0) is 16.0 Å². The minimum absolute atomic E-state index is 0.148. The summed E-state index contributed by atoms with van der Waals surface area (Å²) in [6, 6.07) is 10.9. The van der Waals surface area contributed by atoms with Gasteiger partial charge in [-0.25, -0.2) is 5.43 Å². The minimum Gasteiger partial charge on any atom is -0.484 e. The van der Waals surface area contributed by atoms with Gasteiger partial charge in [0, 0.05) is 4.88 Å². The molecule has 1 aromatic carbocycles. The third-order valence-corrected chi connectivity index (χ3v) is 4.01. The van der Waals surface area contributed by atoms with Crippen molar-refractivity contribution in [3.8, 4) is 5.75 Å². The molecular weight excluding hydrogens is 326 g/mol. The van der Waals surface area contributed by atoms with Gasteiger partial charge in [-0.2, -0.15) is 5.10 Å². The maximum Gasteiger partial charge on any atom is 0.255 e. The largest absolute Gasteiger partial charge is 0.484 e. The van der Waals surface area contributed by atoms with Crippen molar-refractivity contribution in [2.24, 2.45) is 10.8 Å². The molecule has 7 heteroatoms. The number of nitrogens with zero attached hydrogens (tertiary/aromatic N) is 1. The molecule has 126 valence electrons. The standard InChI is InChI=1S/C17H19N3O3S/c1-2-15(19-20-17(22)10-14-4-3-9-24-14)12-5-7-13(8-6-12)23-11-16(18)21/h3-9H,2,10-11H2,1H3,(H2,18,21)(H,20,22). The van der Waals surface area contributed by atoms with Gasteiger partial charge in [-0.05, 0) is 47.7 Å². The molecule has 24 heavy (non-hydrogen) atoms. The highest BCUT2D eigenvalue weighted by atomic mass is 32.1. The molecule has 0 atom stereocenters. The molecule has 0 unspecified atom stereocenters. The quantitative estimate of drug-likeness (QED) is 0.566. The van der Waals surface area contributed by atoms with E-state index in [2.05, 4.69) is 10.5 Å². The molecule has 0 spiro atoms. The first-order chi connectivity index (χ1) is 11.6. The van der Waals surface area contributed by atoms with Crippen LogP contribution in [0.3, 0.4) is 0 Å². The minimum atomic E-state index is -0.525. The topological polar surface area (TPSA) is 93.8 Å². The van der Waals surface area contributed by atoms with Gasteiger partial charge in [0.1, 0.15) is 5.75 Å². The molecule has 6 nitrogen and oxygen atoms in total. The molecule has 0 radical (unpaired) electrons. The van der Waals surface area contributed by atoms with Gasteiger partial charge in [0.15, 0.2) is 6.61 Å². The van der Waals surface area contributed by atoms with E-state index >= 15 is 0 Å². The van der Waals surface area contributed by atoms with Gasteiger partial charge in [0.2, 0.25) is 5.91 Å². The number of hydrogen-bond donors (Lipinski definition) is 2. The molecule has 0 aliphatic rings. The van der Waals surface area contributed by atoms with E-state index in [0.29, 0.717) is 18.6 Å². The lowest BCUT2D eigenvalue weighted by Crippen LogP contribution is -2.21. The van der Waals surface area contributed by atoms with E-state index in [0.717, 1.165) is 16.2 Å². The number of nitrogens with two attached hydrogens (primary N) is 1. The summed E-state index contributed by atoms with van der Waals surface area (Å²) in [4.78, 5) is 23.6. The van der Waals surface area contributed by atoms with Crippen molar-refractivity contribution >= 4 is 28.9 Å². The molecule has 3 N–H and O–H groups in total. The van der Waals surface area contributed by atoms with Crippen LogP contribution in [0.25, 0.3) is 0 Å². The summed E-state index contributed by atoms with van der Waals surface area (Å²) in [5.41, 5.74) is 9.26. The average Bonchev–Trinajstić information content (AvgIpc) is 3.07. The zero-order valence-corrected chi connectivity index (χ0v) is 14.1. The van der Waals surface area contributed by atoms with Crippen LogP contribution in [0.5, 0.6) is 5.75 Å². The van der Waals surface area contributed by atoms with Gasteiger partial charge in [-0.15, -0.1) is 11.3 Å². The van der Waals surface area contributed by atoms with E-state index in [9.17, 15) is 9.59 Å². The Morgan fingerprint density at radius 2 is 2.00 bits per heavy atom. The highest BCUT2D eigenvalue weighted by Gasteiger charge is 2.06. The zero-order valence-electron chi connectivity index (χ0n) is 13.3. The summed E-state index contributed by atoms with van der Waals surface area (Å²) < 4.78 is 5.21. The Kier molecular flexibility index (Phi) is 6.51. The Labute approximate surface area is 144 Å². The van der Waals surface area contributed by atoms with Gasteiger partial charge < -0.3 is 10.5 Å². The van der Waals surface area contributed by atoms with Crippen LogP contribution in [0.2, 0.25) is 0 Å². The molecule has 2 aromatic rings. The van der Waals surface area contributed by atoms with Crippen molar-refractivity contribution in [1.82, 2.24) is 5.43 Å². The van der Waals surface area contributed by atoms with E-state index in [-0.39, 0.29) is 12.5 Å². The van der Waals surface area contributed by atoms with Crippen LogP contribution in [0, 0.1) is 0 Å².